The molecule has 0 radical (unpaired) electrons. The molecule has 0 aliphatic carbocycles. The summed E-state index contributed by atoms with van der Waals surface area (Å²) in [5.74, 6) is 2.78. The van der Waals surface area contributed by atoms with Gasteiger partial charge in [-0.2, -0.15) is 0 Å². The molecule has 1 aliphatic heterocycles. The molecule has 8 aromatic carbocycles. The molecule has 0 N–H and O–H groups in total. The standard InChI is InChI=1S/C55H37N5OSi.Pd/c1-58-46-31-14-12-29-44(46)57-55(58)38-20-19-23-40(36-38)61-49-37-48-54(53-52(49)43-28-11-13-30-45(43)59(53)39-21-5-2-6-22-39)62(41-24-7-3-8-25-41,42-26-9-4-10-27-42)50-33-16-15-32-47(50)60(48)51-34-17-18-35-56-51;/h2-35H,1H3;/q-2;+2. The van der Waals surface area contributed by atoms with Crippen molar-refractivity contribution < 1.29 is 25.2 Å². The van der Waals surface area contributed by atoms with E-state index in [1.165, 1.54) is 20.7 Å². The fourth-order valence-electron chi connectivity index (χ4n) is 9.74. The molecule has 0 spiro atoms. The third kappa shape index (κ3) is 5.95. The van der Waals surface area contributed by atoms with Gasteiger partial charge in [0.15, 0.2) is 0 Å². The molecule has 12 rings (SSSR count). The Morgan fingerprint density at radius 3 is 1.97 bits per heavy atom. The fourth-order valence-corrected chi connectivity index (χ4v) is 15.0. The van der Waals surface area contributed by atoms with E-state index in [2.05, 4.69) is 184 Å². The van der Waals surface area contributed by atoms with E-state index in [0.29, 0.717) is 11.5 Å². The minimum atomic E-state index is -3.23. The maximum atomic E-state index is 7.25. The van der Waals surface area contributed by atoms with Crippen LogP contribution in [0.4, 0.5) is 17.2 Å². The molecular weight excluding hydrogens is 881 g/mol. The van der Waals surface area contributed by atoms with Crippen LogP contribution in [0.1, 0.15) is 0 Å². The second kappa shape index (κ2) is 15.5. The first kappa shape index (κ1) is 38.6. The molecule has 3 aromatic heterocycles. The Kier molecular flexibility index (Phi) is 9.51. The van der Waals surface area contributed by atoms with Crippen LogP contribution in [-0.4, -0.2) is 27.2 Å². The van der Waals surface area contributed by atoms with Crippen LogP contribution in [0.2, 0.25) is 0 Å². The van der Waals surface area contributed by atoms with Gasteiger partial charge in [-0.1, -0.05) is 166 Å². The molecule has 0 fully saturated rings. The number of aromatic nitrogens is 4. The maximum Gasteiger partial charge on any atom is 2.00 e. The number of rotatable bonds is 7. The number of hydrogen-bond acceptors (Lipinski definition) is 4. The third-order valence-electron chi connectivity index (χ3n) is 12.3. The Bertz CT molecular complexity index is 3430. The maximum absolute atomic E-state index is 7.25. The van der Waals surface area contributed by atoms with Crippen LogP contribution in [0.15, 0.2) is 206 Å². The quantitative estimate of drug-likeness (QED) is 0.118. The van der Waals surface area contributed by atoms with Crippen molar-refractivity contribution >= 4 is 78.9 Å². The number of pyridine rings is 1. The van der Waals surface area contributed by atoms with Gasteiger partial charge in [0.2, 0.25) is 0 Å². The van der Waals surface area contributed by atoms with Crippen molar-refractivity contribution in [2.24, 2.45) is 7.05 Å². The van der Waals surface area contributed by atoms with E-state index in [-0.39, 0.29) is 20.4 Å². The Morgan fingerprint density at radius 1 is 0.587 bits per heavy atom. The van der Waals surface area contributed by atoms with Gasteiger partial charge in [0.25, 0.3) is 0 Å². The SMILES string of the molecule is Cn1c(-c2[c-]c(Oc3[c-]c4c(c5c3c3ccccc3n5-c3ccccc3)[Si](c3ccccc3)(c3ccccc3)c3ccccc3N4c3ccccn3)ccc2)nc2ccccc21.[Pd+2]. The summed E-state index contributed by atoms with van der Waals surface area (Å²) in [4.78, 5) is 12.3. The van der Waals surface area contributed by atoms with E-state index in [4.69, 9.17) is 14.7 Å². The average Bonchev–Trinajstić information content (AvgIpc) is 3.87. The summed E-state index contributed by atoms with van der Waals surface area (Å²) in [6, 6.07) is 78.5. The summed E-state index contributed by atoms with van der Waals surface area (Å²) < 4.78 is 11.8. The summed E-state index contributed by atoms with van der Waals surface area (Å²) in [5.41, 5.74) is 8.00. The minimum absolute atomic E-state index is 0. The molecular formula is C55H37N5OPdSi. The number of nitrogens with zero attached hydrogens (tertiary/aromatic N) is 5. The Balaban J connectivity index is 0.00000444. The van der Waals surface area contributed by atoms with E-state index in [1.54, 1.807) is 0 Å². The first-order valence-corrected chi connectivity index (χ1v) is 22.8. The smallest absolute Gasteiger partial charge is 0.502 e. The molecule has 0 saturated heterocycles. The molecule has 4 heterocycles. The normalized spacial score (nSPS) is 12.8. The molecule has 0 amide bonds. The molecule has 302 valence electrons. The number of fused-ring (bicyclic) bond motifs is 7. The monoisotopic (exact) mass is 917 g/mol. The van der Waals surface area contributed by atoms with Gasteiger partial charge < -0.3 is 18.8 Å². The number of aryl methyl sites for hydroxylation is 1. The van der Waals surface area contributed by atoms with Gasteiger partial charge in [0.1, 0.15) is 13.9 Å². The van der Waals surface area contributed by atoms with Gasteiger partial charge in [0.05, 0.1) is 16.9 Å². The summed E-state index contributed by atoms with van der Waals surface area (Å²) >= 11 is 0. The van der Waals surface area contributed by atoms with Crippen LogP contribution in [0.3, 0.4) is 0 Å². The van der Waals surface area contributed by atoms with Gasteiger partial charge in [-0.25, -0.2) is 4.98 Å². The van der Waals surface area contributed by atoms with Crippen molar-refractivity contribution in [3.05, 3.63) is 219 Å². The molecule has 8 heteroatoms. The zero-order valence-electron chi connectivity index (χ0n) is 34.1. The second-order valence-corrected chi connectivity index (χ2v) is 19.3. The number of ether oxygens (including phenoxy) is 1. The van der Waals surface area contributed by atoms with Crippen LogP contribution in [-0.2, 0) is 27.5 Å². The van der Waals surface area contributed by atoms with Gasteiger partial charge in [-0.15, -0.1) is 29.8 Å². The van der Waals surface area contributed by atoms with E-state index in [0.717, 1.165) is 67.1 Å². The topological polar surface area (TPSA) is 48.1 Å². The first-order chi connectivity index (χ1) is 30.7. The number of anilines is 3. The van der Waals surface area contributed by atoms with E-state index in [9.17, 15) is 0 Å². The summed E-state index contributed by atoms with van der Waals surface area (Å²) in [7, 11) is -1.18. The van der Waals surface area contributed by atoms with Crippen LogP contribution >= 0.6 is 0 Å². The average molecular weight is 918 g/mol. The van der Waals surface area contributed by atoms with Crippen LogP contribution in [0.25, 0.3) is 49.9 Å². The van der Waals surface area contributed by atoms with Crippen LogP contribution < -0.4 is 30.4 Å². The largest absolute Gasteiger partial charge is 2.00 e. The zero-order valence-corrected chi connectivity index (χ0v) is 36.6. The van der Waals surface area contributed by atoms with Crippen LogP contribution in [0, 0.1) is 12.1 Å². The number of benzene rings is 8. The summed E-state index contributed by atoms with van der Waals surface area (Å²) in [5, 5.41) is 7.08. The first-order valence-electron chi connectivity index (χ1n) is 20.8. The predicted octanol–water partition coefficient (Wildman–Crippen LogP) is 10.3. The molecule has 11 aromatic rings. The molecule has 0 saturated carbocycles. The van der Waals surface area contributed by atoms with Crippen molar-refractivity contribution in [1.82, 2.24) is 19.1 Å². The molecule has 63 heavy (non-hydrogen) atoms. The van der Waals surface area contributed by atoms with Gasteiger partial charge in [0, 0.05) is 41.6 Å². The zero-order chi connectivity index (χ0) is 41.2. The fraction of sp³-hybridized carbons (Fsp3) is 0.0182. The molecule has 0 unspecified atom stereocenters. The van der Waals surface area contributed by atoms with Crippen molar-refractivity contribution in [3.8, 4) is 28.6 Å². The third-order valence-corrected chi connectivity index (χ3v) is 17.1. The molecule has 1 aliphatic rings. The van der Waals surface area contributed by atoms with Gasteiger partial charge >= 0.3 is 20.4 Å². The van der Waals surface area contributed by atoms with Crippen molar-refractivity contribution in [2.75, 3.05) is 4.90 Å². The summed E-state index contributed by atoms with van der Waals surface area (Å²) in [6.45, 7) is 0. The minimum Gasteiger partial charge on any atom is -0.502 e. The molecule has 6 nitrogen and oxygen atoms in total. The van der Waals surface area contributed by atoms with E-state index >= 15 is 0 Å². The van der Waals surface area contributed by atoms with Crippen LogP contribution in [0.5, 0.6) is 11.5 Å². The Morgan fingerprint density at radius 2 is 1.24 bits per heavy atom. The molecule has 0 bridgehead atoms. The van der Waals surface area contributed by atoms with Crippen molar-refractivity contribution in [1.29, 1.82) is 0 Å². The summed E-state index contributed by atoms with van der Waals surface area (Å²) in [6.07, 6.45) is 1.86. The second-order valence-electron chi connectivity index (χ2n) is 15.6. The molecule has 0 atom stereocenters. The van der Waals surface area contributed by atoms with E-state index in [1.807, 2.05) is 55.7 Å². The number of imidazole rings is 1. The van der Waals surface area contributed by atoms with Gasteiger partial charge in [-0.05, 0) is 64.6 Å². The Hall–Kier alpha value is -7.34. The van der Waals surface area contributed by atoms with Crippen molar-refractivity contribution in [3.63, 3.8) is 0 Å². The van der Waals surface area contributed by atoms with E-state index < -0.39 is 8.07 Å². The number of hydrogen-bond donors (Lipinski definition) is 0. The predicted molar refractivity (Wildman–Crippen MR) is 254 cm³/mol. The number of para-hydroxylation sites is 5. The van der Waals surface area contributed by atoms with Crippen molar-refractivity contribution in [2.45, 2.75) is 0 Å². The van der Waals surface area contributed by atoms with Gasteiger partial charge in [-0.3, -0.25) is 4.98 Å². The Labute approximate surface area is 380 Å².